The largest absolute Gasteiger partial charge is 0.326 e. The minimum Gasteiger partial charge on any atom is -0.326 e. The molecule has 0 bridgehead atoms. The molecule has 2 heterocycles. The lowest BCUT2D eigenvalue weighted by Gasteiger charge is -2.10. The first-order valence-corrected chi connectivity index (χ1v) is 9.71. The Balaban J connectivity index is 1.67. The molecule has 138 valence electrons. The number of nitrogens with zero attached hydrogens (tertiary/aromatic N) is 5. The fourth-order valence-corrected chi connectivity index (χ4v) is 3.88. The second-order valence-electron chi connectivity index (χ2n) is 6.36. The van der Waals surface area contributed by atoms with Crippen LogP contribution in [0.15, 0.2) is 40.5 Å². The van der Waals surface area contributed by atoms with Crippen molar-refractivity contribution in [3.05, 3.63) is 47.1 Å². The fourth-order valence-electron chi connectivity index (χ4n) is 2.72. The third kappa shape index (κ3) is 4.12. The van der Waals surface area contributed by atoms with Crippen molar-refractivity contribution in [1.82, 2.24) is 24.7 Å². The van der Waals surface area contributed by atoms with Gasteiger partial charge in [-0.05, 0) is 49.7 Å². The van der Waals surface area contributed by atoms with Gasteiger partial charge in [-0.25, -0.2) is 9.97 Å². The van der Waals surface area contributed by atoms with E-state index in [4.69, 9.17) is 11.6 Å². The fraction of sp³-hybridized carbons (Fsp3) is 0.278. The summed E-state index contributed by atoms with van der Waals surface area (Å²) in [7, 11) is 0. The van der Waals surface area contributed by atoms with Crippen LogP contribution in [0.4, 0.5) is 5.69 Å². The summed E-state index contributed by atoms with van der Waals surface area (Å²) in [5.74, 6) is 1.82. The van der Waals surface area contributed by atoms with Gasteiger partial charge in [0.1, 0.15) is 21.8 Å². The van der Waals surface area contributed by atoms with E-state index < -0.39 is 0 Å². The van der Waals surface area contributed by atoms with Crippen LogP contribution in [0.5, 0.6) is 0 Å². The lowest BCUT2D eigenvalue weighted by atomic mass is 10.2. The van der Waals surface area contributed by atoms with Crippen molar-refractivity contribution >= 4 is 35.0 Å². The third-order valence-corrected chi connectivity index (χ3v) is 5.11. The minimum atomic E-state index is -0.120. The zero-order chi connectivity index (χ0) is 19.0. The molecule has 0 aliphatic heterocycles. The van der Waals surface area contributed by atoms with E-state index in [1.807, 2.05) is 35.8 Å². The van der Waals surface area contributed by atoms with Crippen LogP contribution in [0.2, 0.25) is 5.15 Å². The zero-order valence-corrected chi connectivity index (χ0v) is 16.4. The van der Waals surface area contributed by atoms with Crippen molar-refractivity contribution in [3.8, 4) is 5.69 Å². The summed E-state index contributed by atoms with van der Waals surface area (Å²) in [5, 5.41) is 13.1. The highest BCUT2D eigenvalue weighted by molar-refractivity contribution is 7.99. The number of anilines is 1. The molecule has 0 unspecified atom stereocenters. The van der Waals surface area contributed by atoms with Gasteiger partial charge in [0.2, 0.25) is 11.1 Å². The maximum atomic E-state index is 11.3. The van der Waals surface area contributed by atoms with Gasteiger partial charge in [0.25, 0.3) is 0 Å². The van der Waals surface area contributed by atoms with Gasteiger partial charge < -0.3 is 5.32 Å². The molecule has 1 aliphatic rings. The predicted octanol–water partition coefficient (Wildman–Crippen LogP) is 4.01. The Morgan fingerprint density at radius 1 is 1.26 bits per heavy atom. The second-order valence-corrected chi connectivity index (χ2v) is 7.73. The number of hydrogen-bond acceptors (Lipinski definition) is 6. The Kier molecular flexibility index (Phi) is 4.84. The zero-order valence-electron chi connectivity index (χ0n) is 14.8. The number of halogens is 1. The number of rotatable bonds is 5. The second kappa shape index (κ2) is 7.28. The summed E-state index contributed by atoms with van der Waals surface area (Å²) in [6.45, 7) is 3.36. The molecule has 1 aliphatic carbocycles. The lowest BCUT2D eigenvalue weighted by Crippen LogP contribution is -2.07. The van der Waals surface area contributed by atoms with Gasteiger partial charge in [-0.1, -0.05) is 17.7 Å². The molecule has 9 heteroatoms. The molecule has 27 heavy (non-hydrogen) atoms. The molecule has 0 atom stereocenters. The Morgan fingerprint density at radius 2 is 2.07 bits per heavy atom. The van der Waals surface area contributed by atoms with Gasteiger partial charge in [-0.15, -0.1) is 10.2 Å². The summed E-state index contributed by atoms with van der Waals surface area (Å²) >= 11 is 7.56. The normalized spacial score (nSPS) is 13.6. The third-order valence-electron chi connectivity index (χ3n) is 4.05. The number of hydrogen-bond donors (Lipinski definition) is 1. The summed E-state index contributed by atoms with van der Waals surface area (Å²) in [6.07, 6.45) is 2.21. The van der Waals surface area contributed by atoms with E-state index in [-0.39, 0.29) is 5.91 Å². The highest BCUT2D eigenvalue weighted by Gasteiger charge is 2.27. The van der Waals surface area contributed by atoms with Gasteiger partial charge in [0.15, 0.2) is 0 Å². The molecule has 1 aromatic carbocycles. The van der Waals surface area contributed by atoms with E-state index in [0.29, 0.717) is 21.9 Å². The molecule has 2 aromatic heterocycles. The van der Waals surface area contributed by atoms with Crippen LogP contribution in [-0.2, 0) is 4.79 Å². The summed E-state index contributed by atoms with van der Waals surface area (Å²) in [5.41, 5.74) is 1.57. The van der Waals surface area contributed by atoms with Gasteiger partial charge in [0.05, 0.1) is 5.69 Å². The van der Waals surface area contributed by atoms with Crippen LogP contribution < -0.4 is 5.32 Å². The van der Waals surface area contributed by atoms with E-state index in [0.717, 1.165) is 35.2 Å². The van der Waals surface area contributed by atoms with Crippen LogP contribution in [-0.4, -0.2) is 30.6 Å². The maximum absolute atomic E-state index is 11.3. The highest BCUT2D eigenvalue weighted by Crippen LogP contribution is 2.39. The van der Waals surface area contributed by atoms with Crippen LogP contribution in [0, 0.1) is 6.92 Å². The topological polar surface area (TPSA) is 85.6 Å². The minimum absolute atomic E-state index is 0.120. The predicted molar refractivity (Wildman–Crippen MR) is 104 cm³/mol. The molecule has 3 aromatic rings. The van der Waals surface area contributed by atoms with E-state index in [1.54, 1.807) is 6.07 Å². The molecular weight excluding hydrogens is 384 g/mol. The first-order valence-electron chi connectivity index (χ1n) is 8.52. The molecular formula is C18H17ClN6OS. The molecule has 1 fully saturated rings. The van der Waals surface area contributed by atoms with Crippen molar-refractivity contribution < 1.29 is 4.79 Å². The Hall–Kier alpha value is -2.45. The molecule has 0 radical (unpaired) electrons. The average Bonchev–Trinajstić information content (AvgIpc) is 3.39. The number of carbonyl (C=O) groups is 1. The summed E-state index contributed by atoms with van der Waals surface area (Å²) in [6, 6.07) is 9.27. The van der Waals surface area contributed by atoms with Gasteiger partial charge in [0, 0.05) is 24.6 Å². The van der Waals surface area contributed by atoms with Gasteiger partial charge in [-0.2, -0.15) is 0 Å². The van der Waals surface area contributed by atoms with E-state index in [1.165, 1.54) is 18.7 Å². The van der Waals surface area contributed by atoms with Crippen LogP contribution >= 0.6 is 23.4 Å². The Morgan fingerprint density at radius 3 is 2.81 bits per heavy atom. The monoisotopic (exact) mass is 400 g/mol. The van der Waals surface area contributed by atoms with Crippen LogP contribution in [0.25, 0.3) is 5.69 Å². The van der Waals surface area contributed by atoms with Crippen molar-refractivity contribution in [2.45, 2.75) is 42.8 Å². The van der Waals surface area contributed by atoms with E-state index >= 15 is 0 Å². The standard InChI is InChI=1S/C18H17ClN6OS/c1-10-23-24-18(25(10)14-5-3-4-13(8-14)20-11(2)26)27-16-9-15(19)21-17(22-16)12-6-7-12/h3-5,8-9,12H,6-7H2,1-2H3,(H,20,26). The first-order chi connectivity index (χ1) is 13.0. The molecule has 1 saturated carbocycles. The van der Waals surface area contributed by atoms with Crippen molar-refractivity contribution in [3.63, 3.8) is 0 Å². The number of nitrogens with one attached hydrogen (secondary N) is 1. The highest BCUT2D eigenvalue weighted by atomic mass is 35.5. The van der Waals surface area contributed by atoms with Crippen molar-refractivity contribution in [2.24, 2.45) is 0 Å². The number of benzene rings is 1. The Labute approximate surface area is 165 Å². The van der Waals surface area contributed by atoms with E-state index in [2.05, 4.69) is 25.5 Å². The first kappa shape index (κ1) is 17.9. The van der Waals surface area contributed by atoms with Crippen molar-refractivity contribution in [1.29, 1.82) is 0 Å². The Bertz CT molecular complexity index is 1020. The summed E-state index contributed by atoms with van der Waals surface area (Å²) in [4.78, 5) is 20.3. The quantitative estimate of drug-likeness (QED) is 0.651. The molecule has 7 nitrogen and oxygen atoms in total. The molecule has 1 N–H and O–H groups in total. The van der Waals surface area contributed by atoms with Gasteiger partial charge >= 0.3 is 0 Å². The van der Waals surface area contributed by atoms with E-state index in [9.17, 15) is 4.79 Å². The van der Waals surface area contributed by atoms with Gasteiger partial charge in [-0.3, -0.25) is 9.36 Å². The average molecular weight is 401 g/mol. The number of amides is 1. The SMILES string of the molecule is CC(=O)Nc1cccc(-n2c(C)nnc2Sc2cc(Cl)nc(C3CC3)n2)c1. The number of carbonyl (C=O) groups excluding carboxylic acids is 1. The molecule has 4 rings (SSSR count). The lowest BCUT2D eigenvalue weighted by molar-refractivity contribution is -0.114. The van der Waals surface area contributed by atoms with Crippen LogP contribution in [0.1, 0.15) is 37.3 Å². The maximum Gasteiger partial charge on any atom is 0.221 e. The smallest absolute Gasteiger partial charge is 0.221 e. The number of aryl methyl sites for hydroxylation is 1. The summed E-state index contributed by atoms with van der Waals surface area (Å²) < 4.78 is 1.92. The molecule has 0 spiro atoms. The number of aromatic nitrogens is 5. The van der Waals surface area contributed by atoms with Crippen LogP contribution in [0.3, 0.4) is 0 Å². The van der Waals surface area contributed by atoms with Crippen molar-refractivity contribution in [2.75, 3.05) is 5.32 Å². The molecule has 0 saturated heterocycles. The molecule has 1 amide bonds.